The second kappa shape index (κ2) is 32.5. The molecule has 18 N–H and O–H groups in total. The Kier molecular flexibility index (Phi) is 23.7. The van der Waals surface area contributed by atoms with Gasteiger partial charge in [0.2, 0.25) is 47.3 Å². The second-order valence-electron chi connectivity index (χ2n) is 23.2. The van der Waals surface area contributed by atoms with Crippen LogP contribution in [0.5, 0.6) is 0 Å². The molecule has 1 heterocycles. The Balaban J connectivity index is 0.929. The number of amides is 8. The number of hydrogen-bond donors (Lipinski definition) is 12. The predicted molar refractivity (Wildman–Crippen MR) is 360 cm³/mol. The number of rotatable bonds is 29. The highest BCUT2D eigenvalue weighted by molar-refractivity contribution is 6.00. The highest BCUT2D eigenvalue weighted by Crippen LogP contribution is 2.33. The fraction of sp³-hybridized carbons (Fsp3) is 0.268. The smallest absolute Gasteiger partial charge is 0.243 e. The number of benzene rings is 7. The number of nitrogens with zero attached hydrogens (tertiary/aromatic N) is 1. The van der Waals surface area contributed by atoms with Gasteiger partial charge < -0.3 is 71.2 Å². The number of primary amides is 1. The van der Waals surface area contributed by atoms with Gasteiger partial charge in [-0.2, -0.15) is 0 Å². The monoisotopic (exact) mass is 1240 g/mol. The molecule has 8 rings (SSSR count). The van der Waals surface area contributed by atoms with Crippen molar-refractivity contribution >= 4 is 93.0 Å². The Morgan fingerprint density at radius 1 is 0.413 bits per heavy atom. The van der Waals surface area contributed by atoms with E-state index in [4.69, 9.17) is 34.4 Å². The van der Waals surface area contributed by atoms with Crippen LogP contribution in [0.1, 0.15) is 90.0 Å². The largest absolute Gasteiger partial charge is 0.399 e. The van der Waals surface area contributed by atoms with E-state index in [2.05, 4.69) is 44.9 Å². The molecule has 5 atom stereocenters. The van der Waals surface area contributed by atoms with Gasteiger partial charge in [-0.3, -0.25) is 38.4 Å². The zero-order chi connectivity index (χ0) is 65.7. The quantitative estimate of drug-likeness (QED) is 0.0201. The Morgan fingerprint density at radius 3 is 1.23 bits per heavy atom. The highest BCUT2D eigenvalue weighted by Gasteiger charge is 2.34. The number of carbonyl (C=O) groups is 8. The molecular formula is C71H81N13O8. The SMILES string of the molecule is C/C1=C/c2ccccc2N(C(=O)CCC(=O)NCCCCCC(=O)NC(Cc2ccc(N)cc2)C(=O)NC(Cc2ccc(N)cc2)C(=O)NC(Cc2ccc(N)cc2)C(=O)NC(Cc2ccc(N)cc2)C(=O)NC(Cc2ccc(N)cc2)C(N)=O)Cc2ccccc21. The van der Waals surface area contributed by atoms with E-state index in [1.54, 1.807) is 126 Å². The van der Waals surface area contributed by atoms with Crippen LogP contribution in [0.4, 0.5) is 34.1 Å². The lowest BCUT2D eigenvalue weighted by Gasteiger charge is -2.28. The van der Waals surface area contributed by atoms with E-state index in [0.29, 0.717) is 88.6 Å². The Morgan fingerprint density at radius 2 is 0.793 bits per heavy atom. The van der Waals surface area contributed by atoms with Gasteiger partial charge in [-0.15, -0.1) is 0 Å². The van der Waals surface area contributed by atoms with Crippen molar-refractivity contribution in [3.05, 3.63) is 214 Å². The van der Waals surface area contributed by atoms with Crippen molar-refractivity contribution in [2.75, 3.05) is 40.1 Å². The van der Waals surface area contributed by atoms with Crippen molar-refractivity contribution in [2.24, 2.45) is 5.73 Å². The van der Waals surface area contributed by atoms with E-state index >= 15 is 0 Å². The van der Waals surface area contributed by atoms with Gasteiger partial charge in [-0.05, 0) is 143 Å². The zero-order valence-electron chi connectivity index (χ0n) is 51.5. The Bertz CT molecular complexity index is 3750. The Hall–Kier alpha value is -11.0. The molecule has 0 saturated heterocycles. The van der Waals surface area contributed by atoms with E-state index < -0.39 is 65.7 Å². The molecule has 0 radical (unpaired) electrons. The topological polar surface area (TPSA) is 368 Å². The van der Waals surface area contributed by atoms with Crippen molar-refractivity contribution in [2.45, 2.75) is 114 Å². The molecule has 21 nitrogen and oxygen atoms in total. The summed E-state index contributed by atoms with van der Waals surface area (Å²) < 4.78 is 0. The first kappa shape index (κ1) is 67.0. The van der Waals surface area contributed by atoms with Gasteiger partial charge in [0.25, 0.3) is 0 Å². The van der Waals surface area contributed by atoms with Crippen LogP contribution < -0.4 is 71.2 Å². The molecule has 0 spiro atoms. The van der Waals surface area contributed by atoms with Gasteiger partial charge in [-0.25, -0.2) is 0 Å². The van der Waals surface area contributed by atoms with E-state index in [9.17, 15) is 38.4 Å². The van der Waals surface area contributed by atoms with E-state index in [1.807, 2.05) is 48.5 Å². The van der Waals surface area contributed by atoms with Crippen molar-refractivity contribution in [1.82, 2.24) is 31.9 Å². The van der Waals surface area contributed by atoms with Crippen LogP contribution in [0.15, 0.2) is 170 Å². The molecule has 92 heavy (non-hydrogen) atoms. The second-order valence-corrected chi connectivity index (χ2v) is 23.2. The summed E-state index contributed by atoms with van der Waals surface area (Å²) in [5, 5.41) is 17.0. The fourth-order valence-electron chi connectivity index (χ4n) is 10.8. The van der Waals surface area contributed by atoms with Gasteiger partial charge in [0.05, 0.1) is 12.2 Å². The fourth-order valence-corrected chi connectivity index (χ4v) is 10.8. The minimum absolute atomic E-state index is 0.00280. The van der Waals surface area contributed by atoms with Crippen LogP contribution >= 0.6 is 0 Å². The van der Waals surface area contributed by atoms with Crippen molar-refractivity contribution in [3.8, 4) is 0 Å². The summed E-state index contributed by atoms with van der Waals surface area (Å²) in [5.41, 5.74) is 46.1. The van der Waals surface area contributed by atoms with Crippen LogP contribution in [0, 0.1) is 0 Å². The highest BCUT2D eigenvalue weighted by atomic mass is 16.2. The lowest BCUT2D eigenvalue weighted by Crippen LogP contribution is -2.60. The molecule has 1 aliphatic rings. The number of unbranched alkanes of at least 4 members (excludes halogenated alkanes) is 2. The maximum atomic E-state index is 15.0. The van der Waals surface area contributed by atoms with Crippen LogP contribution in [-0.2, 0) is 77.0 Å². The minimum atomic E-state index is -1.39. The van der Waals surface area contributed by atoms with Crippen molar-refractivity contribution in [1.29, 1.82) is 0 Å². The first-order chi connectivity index (χ1) is 44.2. The molecule has 1 aliphatic heterocycles. The van der Waals surface area contributed by atoms with Crippen LogP contribution in [0.2, 0.25) is 0 Å². The minimum Gasteiger partial charge on any atom is -0.399 e. The molecule has 478 valence electrons. The van der Waals surface area contributed by atoms with Crippen molar-refractivity contribution < 1.29 is 38.4 Å². The summed E-state index contributed by atoms with van der Waals surface area (Å²) >= 11 is 0. The van der Waals surface area contributed by atoms with Crippen molar-refractivity contribution in [3.63, 3.8) is 0 Å². The van der Waals surface area contributed by atoms with E-state index in [0.717, 1.165) is 28.0 Å². The average Bonchev–Trinajstić information content (AvgIpc) is 0.846. The van der Waals surface area contributed by atoms with Gasteiger partial charge in [0, 0.05) is 86.3 Å². The summed E-state index contributed by atoms with van der Waals surface area (Å²) in [4.78, 5) is 114. The number of nitrogens with one attached hydrogen (secondary N) is 6. The molecule has 0 fully saturated rings. The molecule has 5 unspecified atom stereocenters. The zero-order valence-corrected chi connectivity index (χ0v) is 51.5. The third-order valence-corrected chi connectivity index (χ3v) is 15.9. The molecule has 21 heteroatoms. The molecule has 0 saturated carbocycles. The third-order valence-electron chi connectivity index (χ3n) is 15.9. The summed E-state index contributed by atoms with van der Waals surface area (Å²) in [6.45, 7) is 2.75. The number of anilines is 6. The number of hydrogen-bond acceptors (Lipinski definition) is 13. The average molecular weight is 1240 g/mol. The molecule has 0 aromatic heterocycles. The number of fused-ring (bicyclic) bond motifs is 2. The number of carbonyl (C=O) groups excluding carboxylic acids is 8. The summed E-state index contributed by atoms with van der Waals surface area (Å²) in [5.74, 6) is -4.72. The van der Waals surface area contributed by atoms with E-state index in [1.165, 1.54) is 0 Å². The summed E-state index contributed by atoms with van der Waals surface area (Å²) in [6.07, 6.45) is 3.38. The summed E-state index contributed by atoms with van der Waals surface area (Å²) in [7, 11) is 0. The van der Waals surface area contributed by atoms with E-state index in [-0.39, 0.29) is 63.2 Å². The predicted octanol–water partition coefficient (Wildman–Crippen LogP) is 5.58. The van der Waals surface area contributed by atoms with Gasteiger partial charge in [0.1, 0.15) is 30.2 Å². The number of nitrogen functional groups attached to an aromatic ring is 5. The molecule has 8 amide bonds. The maximum Gasteiger partial charge on any atom is 0.243 e. The van der Waals surface area contributed by atoms with Gasteiger partial charge in [0.15, 0.2) is 0 Å². The molecular weight excluding hydrogens is 1160 g/mol. The van der Waals surface area contributed by atoms with Gasteiger partial charge in [-0.1, -0.05) is 110 Å². The van der Waals surface area contributed by atoms with Crippen LogP contribution in [0.3, 0.4) is 0 Å². The molecule has 7 aromatic rings. The lowest BCUT2D eigenvalue weighted by molar-refractivity contribution is -0.135. The van der Waals surface area contributed by atoms with Crippen LogP contribution in [0.25, 0.3) is 11.6 Å². The first-order valence-electron chi connectivity index (χ1n) is 30.7. The molecule has 7 aromatic carbocycles. The Labute approximate surface area is 535 Å². The standard InChI is InChI=1S/C71H81N13O8/c1-44-37-50-9-5-7-12-63(50)84(43-51-10-4-6-11-57(44)51)66(87)35-34-64(85)78-36-8-2-3-13-65(86)79-59(39-46-16-26-53(73)27-17-46)68(89)81-61(41-48-20-30-55(75)31-21-48)70(91)83-62(42-49-22-32-56(76)33-23-49)71(92)82-60(40-47-18-28-54(74)29-19-47)69(90)80-58(67(77)88)38-45-14-24-52(72)25-15-45/h4-7,9-12,14-33,37,58-62H,2-3,8,13,34-36,38-43,72-76H2,1H3,(H2,77,88)(H,78,85)(H,79,86)(H,80,90)(H,81,89)(H,82,92)(H,83,91)/b44-37-. The number of nitrogens with two attached hydrogens (primary N) is 6. The number of para-hydroxylation sites is 1. The maximum absolute atomic E-state index is 15.0. The first-order valence-corrected chi connectivity index (χ1v) is 30.7. The lowest BCUT2D eigenvalue weighted by atomic mass is 9.95. The van der Waals surface area contributed by atoms with Gasteiger partial charge >= 0.3 is 0 Å². The molecule has 0 aliphatic carbocycles. The number of allylic oxidation sites excluding steroid dienone is 1. The molecule has 0 bridgehead atoms. The summed E-state index contributed by atoms with van der Waals surface area (Å²) in [6, 6.07) is 42.7. The normalized spacial score (nSPS) is 13.9. The van der Waals surface area contributed by atoms with Crippen LogP contribution in [-0.4, -0.2) is 84.0 Å². The third kappa shape index (κ3) is 20.0.